The van der Waals surface area contributed by atoms with Gasteiger partial charge in [-0.15, -0.1) is 6.58 Å². The monoisotopic (exact) mass is 436 g/mol. The van der Waals surface area contributed by atoms with Gasteiger partial charge < -0.3 is 16.4 Å². The van der Waals surface area contributed by atoms with E-state index in [2.05, 4.69) is 28.5 Å². The van der Waals surface area contributed by atoms with Crippen LogP contribution >= 0.6 is 0 Å². The first-order valence-corrected chi connectivity index (χ1v) is 11.2. The molecule has 0 aromatic carbocycles. The van der Waals surface area contributed by atoms with Gasteiger partial charge in [0.15, 0.2) is 0 Å². The number of hydrogen-bond donors (Lipinski definition) is 4. The molecule has 0 radical (unpaired) electrons. The van der Waals surface area contributed by atoms with E-state index in [1.165, 1.54) is 6.08 Å². The highest BCUT2D eigenvalue weighted by Gasteiger charge is 2.61. The Hall–Kier alpha value is -2.26. The van der Waals surface area contributed by atoms with E-state index in [4.69, 9.17) is 5.73 Å². The van der Waals surface area contributed by atoms with Gasteiger partial charge >= 0.3 is 0 Å². The Labute approximate surface area is 180 Å². The molecule has 3 amide bonds. The molecule has 8 nitrogen and oxygen atoms in total. The van der Waals surface area contributed by atoms with Crippen molar-refractivity contribution in [1.82, 2.24) is 15.4 Å². The number of hydrogen-bond acceptors (Lipinski definition) is 5. The number of amides is 3. The summed E-state index contributed by atoms with van der Waals surface area (Å²) in [7, 11) is -1.40. The van der Waals surface area contributed by atoms with Gasteiger partial charge in [-0.2, -0.15) is 0 Å². The number of carbonyl (C=O) groups excluding carboxylic acids is 3. The van der Waals surface area contributed by atoms with Gasteiger partial charge in [0.25, 0.3) is 5.91 Å². The SMILES string of the molecule is C=C/C=C(\C)C(N)=O.C=CC1CC1(NC(=O)C1CCCN1)C(=O)NS(=O)C1(C)CC1. The van der Waals surface area contributed by atoms with Crippen LogP contribution < -0.4 is 21.1 Å². The average Bonchev–Trinajstić information content (AvgIpc) is 3.55. The third-order valence-corrected chi connectivity index (χ3v) is 7.45. The lowest BCUT2D eigenvalue weighted by atomic mass is 10.1. The molecule has 0 spiro atoms. The first-order valence-electron chi connectivity index (χ1n) is 10.1. The van der Waals surface area contributed by atoms with E-state index >= 15 is 0 Å². The molecule has 0 aromatic rings. The lowest BCUT2D eigenvalue weighted by molar-refractivity contribution is -0.130. The minimum atomic E-state index is -1.40. The third-order valence-electron chi connectivity index (χ3n) is 5.77. The molecule has 1 heterocycles. The minimum Gasteiger partial charge on any atom is -0.366 e. The van der Waals surface area contributed by atoms with Crippen molar-refractivity contribution < 1.29 is 18.6 Å². The van der Waals surface area contributed by atoms with Crippen LogP contribution in [0.3, 0.4) is 0 Å². The van der Waals surface area contributed by atoms with E-state index < -0.39 is 22.4 Å². The van der Waals surface area contributed by atoms with Gasteiger partial charge in [-0.25, -0.2) is 4.21 Å². The van der Waals surface area contributed by atoms with E-state index in [0.717, 1.165) is 32.2 Å². The van der Waals surface area contributed by atoms with Crippen LogP contribution in [0.25, 0.3) is 0 Å². The second-order valence-corrected chi connectivity index (χ2v) is 9.98. The van der Waals surface area contributed by atoms with Crippen molar-refractivity contribution in [3.05, 3.63) is 37.0 Å². The van der Waals surface area contributed by atoms with Gasteiger partial charge in [-0.1, -0.05) is 24.8 Å². The first kappa shape index (κ1) is 24.0. The summed E-state index contributed by atoms with van der Waals surface area (Å²) < 4.78 is 14.5. The molecule has 9 heteroatoms. The van der Waals surface area contributed by atoms with Gasteiger partial charge in [0.05, 0.1) is 10.8 Å². The molecule has 5 N–H and O–H groups in total. The van der Waals surface area contributed by atoms with E-state index in [0.29, 0.717) is 12.0 Å². The van der Waals surface area contributed by atoms with Crippen molar-refractivity contribution in [3.8, 4) is 0 Å². The van der Waals surface area contributed by atoms with Crippen molar-refractivity contribution in [2.75, 3.05) is 6.54 Å². The van der Waals surface area contributed by atoms with Crippen LogP contribution in [-0.4, -0.2) is 44.8 Å². The smallest absolute Gasteiger partial charge is 0.258 e. The highest BCUT2D eigenvalue weighted by atomic mass is 32.2. The van der Waals surface area contributed by atoms with Crippen molar-refractivity contribution in [3.63, 3.8) is 0 Å². The van der Waals surface area contributed by atoms with Crippen LogP contribution in [0.15, 0.2) is 37.0 Å². The summed E-state index contributed by atoms with van der Waals surface area (Å²) in [5, 5.41) is 5.99. The minimum absolute atomic E-state index is 0.0955. The van der Waals surface area contributed by atoms with Gasteiger partial charge in [0.1, 0.15) is 16.5 Å². The zero-order valence-corrected chi connectivity index (χ0v) is 18.5. The second-order valence-electron chi connectivity index (χ2n) is 8.26. The molecular formula is C21H32N4O4S. The van der Waals surface area contributed by atoms with E-state index in [1.54, 1.807) is 19.1 Å². The molecule has 4 unspecified atom stereocenters. The molecule has 2 saturated carbocycles. The summed E-state index contributed by atoms with van der Waals surface area (Å²) in [6, 6.07) is -0.234. The van der Waals surface area contributed by atoms with Crippen LogP contribution in [0, 0.1) is 5.92 Å². The zero-order chi connectivity index (χ0) is 22.5. The van der Waals surface area contributed by atoms with Crippen molar-refractivity contribution >= 4 is 28.7 Å². The summed E-state index contributed by atoms with van der Waals surface area (Å²) in [6.45, 7) is 11.5. The van der Waals surface area contributed by atoms with Gasteiger partial charge in [0, 0.05) is 11.5 Å². The maximum Gasteiger partial charge on any atom is 0.258 e. The Bertz CT molecular complexity index is 784. The number of rotatable bonds is 8. The normalized spacial score (nSPS) is 29.5. The summed E-state index contributed by atoms with van der Waals surface area (Å²) in [5.41, 5.74) is 4.43. The molecule has 3 rings (SSSR count). The molecule has 0 bridgehead atoms. The first-order chi connectivity index (χ1) is 14.1. The summed E-state index contributed by atoms with van der Waals surface area (Å²) in [4.78, 5) is 35.0. The topological polar surface area (TPSA) is 130 Å². The number of nitrogens with two attached hydrogens (primary N) is 1. The van der Waals surface area contributed by atoms with Gasteiger partial charge in [0.2, 0.25) is 11.8 Å². The number of primary amides is 1. The Morgan fingerprint density at radius 3 is 2.33 bits per heavy atom. The predicted octanol–water partition coefficient (Wildman–Crippen LogP) is 0.736. The molecule has 2 aliphatic carbocycles. The maximum atomic E-state index is 12.5. The van der Waals surface area contributed by atoms with Crippen molar-refractivity contribution in [2.24, 2.45) is 11.7 Å². The molecular weight excluding hydrogens is 404 g/mol. The fraction of sp³-hybridized carbons (Fsp3) is 0.571. The maximum absolute atomic E-state index is 12.5. The standard InChI is InChI=1S/C15H23N3O3S.C6H9NO/c1-3-10-9-15(10,17-12(19)11-5-4-8-16-11)13(20)18-22(21)14(2)6-7-14;1-3-4-5(2)6(7)8/h3,10-11,16H,1,4-9H2,2H3,(H,17,19)(H,18,20);3-4H,1H2,2H3,(H2,7,8)/b;5-4+. The summed E-state index contributed by atoms with van der Waals surface area (Å²) in [5.74, 6) is -0.998. The number of allylic oxidation sites excluding steroid dienone is 2. The molecule has 1 saturated heterocycles. The van der Waals surface area contributed by atoms with Crippen molar-refractivity contribution in [1.29, 1.82) is 0 Å². The zero-order valence-electron chi connectivity index (χ0n) is 17.7. The van der Waals surface area contributed by atoms with E-state index in [9.17, 15) is 18.6 Å². The van der Waals surface area contributed by atoms with Crippen LogP contribution in [-0.2, 0) is 25.4 Å². The quantitative estimate of drug-likeness (QED) is 0.253. The van der Waals surface area contributed by atoms with Crippen LogP contribution in [0.1, 0.15) is 46.0 Å². The van der Waals surface area contributed by atoms with Gasteiger partial charge in [-0.05, 0) is 52.5 Å². The Kier molecular flexibility index (Phi) is 7.76. The fourth-order valence-electron chi connectivity index (χ4n) is 3.17. The molecule has 4 atom stereocenters. The molecule has 3 fully saturated rings. The highest BCUT2D eigenvalue weighted by Crippen LogP contribution is 2.46. The van der Waals surface area contributed by atoms with Crippen LogP contribution in [0.5, 0.6) is 0 Å². The number of nitrogens with one attached hydrogen (secondary N) is 3. The van der Waals surface area contributed by atoms with E-state index in [1.807, 2.05) is 6.92 Å². The lowest BCUT2D eigenvalue weighted by Crippen LogP contribution is -2.55. The largest absolute Gasteiger partial charge is 0.366 e. The molecule has 0 aromatic heterocycles. The lowest BCUT2D eigenvalue weighted by Gasteiger charge is -2.21. The molecule has 30 heavy (non-hydrogen) atoms. The predicted molar refractivity (Wildman–Crippen MR) is 117 cm³/mol. The Morgan fingerprint density at radius 2 is 1.93 bits per heavy atom. The summed E-state index contributed by atoms with van der Waals surface area (Å²) in [6.07, 6.45) is 8.77. The Morgan fingerprint density at radius 1 is 1.27 bits per heavy atom. The van der Waals surface area contributed by atoms with Gasteiger partial charge in [-0.3, -0.25) is 19.1 Å². The third kappa shape index (κ3) is 5.66. The Balaban J connectivity index is 0.000000343. The molecule has 3 aliphatic rings. The van der Waals surface area contributed by atoms with Crippen LogP contribution in [0.2, 0.25) is 0 Å². The second kappa shape index (κ2) is 9.70. The summed E-state index contributed by atoms with van der Waals surface area (Å²) >= 11 is 0. The average molecular weight is 437 g/mol. The molecule has 166 valence electrons. The van der Waals surface area contributed by atoms with Crippen LogP contribution in [0.4, 0.5) is 0 Å². The number of carbonyl (C=O) groups is 3. The fourth-order valence-corrected chi connectivity index (χ4v) is 4.24. The molecule has 1 aliphatic heterocycles. The van der Waals surface area contributed by atoms with E-state index in [-0.39, 0.29) is 28.5 Å². The van der Waals surface area contributed by atoms with Crippen molar-refractivity contribution in [2.45, 2.75) is 62.3 Å². The highest BCUT2D eigenvalue weighted by molar-refractivity contribution is 7.85.